The van der Waals surface area contributed by atoms with Gasteiger partial charge in [-0.25, -0.2) is 4.79 Å². The van der Waals surface area contributed by atoms with Crippen molar-refractivity contribution in [3.63, 3.8) is 0 Å². The third-order valence-electron chi connectivity index (χ3n) is 5.80. The Kier molecular flexibility index (Phi) is 14.0. The van der Waals surface area contributed by atoms with E-state index in [1.54, 1.807) is 59.4 Å². The molecule has 0 spiro atoms. The van der Waals surface area contributed by atoms with Crippen molar-refractivity contribution >= 4 is 41.4 Å². The molecule has 0 radical (unpaired) electrons. The Hall–Kier alpha value is -2.82. The molecule has 1 saturated heterocycles. The molecule has 4 amide bonds. The fourth-order valence-electron chi connectivity index (χ4n) is 3.57. The summed E-state index contributed by atoms with van der Waals surface area (Å²) in [6.45, 7) is 10.4. The highest BCUT2D eigenvalue weighted by molar-refractivity contribution is 7.98. The molecular formula is C26H42N4O6S. The molecule has 0 aliphatic carbocycles. The van der Waals surface area contributed by atoms with E-state index in [-0.39, 0.29) is 30.4 Å². The van der Waals surface area contributed by atoms with Crippen LogP contribution in [-0.2, 0) is 28.7 Å². The zero-order valence-corrected chi connectivity index (χ0v) is 23.7. The lowest BCUT2D eigenvalue weighted by Crippen LogP contribution is -2.56. The highest BCUT2D eigenvalue weighted by Crippen LogP contribution is 2.12. The van der Waals surface area contributed by atoms with Crippen LogP contribution in [0.25, 0.3) is 0 Å². The minimum absolute atomic E-state index is 0.0505. The maximum Gasteiger partial charge on any atom is 0.329 e. The van der Waals surface area contributed by atoms with Crippen molar-refractivity contribution in [3.8, 4) is 0 Å². The zero-order valence-electron chi connectivity index (χ0n) is 22.9. The summed E-state index contributed by atoms with van der Waals surface area (Å²) in [7, 11) is 0. The molecule has 0 saturated carbocycles. The van der Waals surface area contributed by atoms with Crippen LogP contribution >= 0.6 is 11.8 Å². The summed E-state index contributed by atoms with van der Waals surface area (Å²) in [5, 5.41) is 10.6. The number of allylic oxidation sites excluding steroid dienone is 2. The van der Waals surface area contributed by atoms with Crippen molar-refractivity contribution in [2.24, 2.45) is 11.8 Å². The molecule has 0 aromatic rings. The summed E-state index contributed by atoms with van der Waals surface area (Å²) in [4.78, 5) is 64.9. The quantitative estimate of drug-likeness (QED) is 0.168. The molecule has 0 aromatic carbocycles. The second kappa shape index (κ2) is 16.1. The Labute approximate surface area is 224 Å². The van der Waals surface area contributed by atoms with Crippen molar-refractivity contribution in [1.29, 1.82) is 0 Å². The molecule has 37 heavy (non-hydrogen) atoms. The summed E-state index contributed by atoms with van der Waals surface area (Å²) in [5.41, 5.74) is -0.0505. The van der Waals surface area contributed by atoms with Gasteiger partial charge in [0.05, 0.1) is 6.42 Å². The van der Waals surface area contributed by atoms with Crippen LogP contribution in [-0.4, -0.2) is 65.8 Å². The van der Waals surface area contributed by atoms with E-state index in [4.69, 9.17) is 4.74 Å². The monoisotopic (exact) mass is 538 g/mol. The average Bonchev–Trinajstić information content (AvgIpc) is 2.83. The topological polar surface area (TPSA) is 143 Å². The molecule has 1 heterocycles. The number of carbonyl (C=O) groups excluding carboxylic acids is 5. The van der Waals surface area contributed by atoms with Crippen molar-refractivity contribution in [2.45, 2.75) is 85.0 Å². The van der Waals surface area contributed by atoms with Gasteiger partial charge in [0.15, 0.2) is 0 Å². The van der Waals surface area contributed by atoms with Crippen molar-refractivity contribution in [2.75, 3.05) is 12.0 Å². The summed E-state index contributed by atoms with van der Waals surface area (Å²) in [6.07, 6.45) is 6.79. The Balaban J connectivity index is 3.42. The number of nitrogens with one attached hydrogen (secondary N) is 4. The van der Waals surface area contributed by atoms with E-state index >= 15 is 0 Å². The first-order valence-corrected chi connectivity index (χ1v) is 14.1. The van der Waals surface area contributed by atoms with E-state index in [1.807, 2.05) is 12.3 Å². The number of rotatable bonds is 7. The lowest BCUT2D eigenvalue weighted by Gasteiger charge is -2.27. The van der Waals surface area contributed by atoms with Crippen LogP contribution in [0.4, 0.5) is 0 Å². The van der Waals surface area contributed by atoms with Gasteiger partial charge < -0.3 is 26.0 Å². The molecule has 4 N–H and O–H groups in total. The number of amides is 4. The SMILES string of the molecule is CC=C1NC(=O)[C@@H](CC)NC(=O)[C@@H](C(C)C)NC(=O)C[C@@H](C=CCCSC)OC(=O)[C@H](C(C)C)NC1=O. The molecular weight excluding hydrogens is 496 g/mol. The fourth-order valence-corrected chi connectivity index (χ4v) is 3.94. The lowest BCUT2D eigenvalue weighted by atomic mass is 10.0. The fraction of sp³-hybridized carbons (Fsp3) is 0.654. The maximum absolute atomic E-state index is 13.1. The molecule has 0 unspecified atom stereocenters. The first kappa shape index (κ1) is 32.2. The largest absolute Gasteiger partial charge is 0.456 e. The molecule has 208 valence electrons. The summed E-state index contributed by atoms with van der Waals surface area (Å²) >= 11 is 1.66. The molecule has 11 heteroatoms. The normalized spacial score (nSPS) is 26.2. The summed E-state index contributed by atoms with van der Waals surface area (Å²) in [5.74, 6) is -2.69. The van der Waals surface area contributed by atoms with Crippen molar-refractivity contribution in [3.05, 3.63) is 23.9 Å². The highest BCUT2D eigenvalue weighted by Gasteiger charge is 2.33. The smallest absolute Gasteiger partial charge is 0.329 e. The molecule has 1 aliphatic heterocycles. The van der Waals surface area contributed by atoms with Gasteiger partial charge >= 0.3 is 5.97 Å². The molecule has 1 aliphatic rings. The first-order chi connectivity index (χ1) is 17.4. The van der Waals surface area contributed by atoms with E-state index in [0.717, 1.165) is 12.2 Å². The third kappa shape index (κ3) is 10.6. The second-order valence-electron chi connectivity index (χ2n) is 9.53. The van der Waals surface area contributed by atoms with Crippen LogP contribution in [0.15, 0.2) is 23.9 Å². The first-order valence-electron chi connectivity index (χ1n) is 12.7. The molecule has 4 atom stereocenters. The number of hydrogen-bond donors (Lipinski definition) is 4. The number of hydrogen-bond acceptors (Lipinski definition) is 7. The van der Waals surface area contributed by atoms with Crippen LogP contribution in [0.3, 0.4) is 0 Å². The maximum atomic E-state index is 13.1. The van der Waals surface area contributed by atoms with E-state index in [1.165, 1.54) is 6.08 Å². The minimum Gasteiger partial charge on any atom is -0.456 e. The van der Waals surface area contributed by atoms with Gasteiger partial charge in [-0.15, -0.1) is 0 Å². The number of carbonyl (C=O) groups is 5. The van der Waals surface area contributed by atoms with E-state index in [2.05, 4.69) is 21.3 Å². The number of esters is 1. The standard InChI is InChI=1S/C26H42N4O6S/c1-8-18-23(32)27-19(9-2)24(33)30-22(16(5)6)26(35)36-17(12-10-11-13-37-7)14-20(31)29-21(15(3)4)25(34)28-18/h9-10,12,15-18,21-22H,8,11,13-14H2,1-7H3,(H,27,32)(H,28,34)(H,29,31)(H,30,33)/t17-,18-,21-,22+/m1/s1. The van der Waals surface area contributed by atoms with Crippen molar-refractivity contribution < 1.29 is 28.7 Å². The second-order valence-corrected chi connectivity index (χ2v) is 10.5. The van der Waals surface area contributed by atoms with Crippen LogP contribution in [0.2, 0.25) is 0 Å². The predicted molar refractivity (Wildman–Crippen MR) is 144 cm³/mol. The van der Waals surface area contributed by atoms with Crippen LogP contribution in [0.1, 0.15) is 60.8 Å². The molecule has 1 fully saturated rings. The van der Waals surface area contributed by atoms with Gasteiger partial charge in [0.2, 0.25) is 17.7 Å². The summed E-state index contributed by atoms with van der Waals surface area (Å²) < 4.78 is 5.66. The van der Waals surface area contributed by atoms with Gasteiger partial charge in [-0.3, -0.25) is 19.2 Å². The number of thioether (sulfide) groups is 1. The van der Waals surface area contributed by atoms with Crippen molar-refractivity contribution in [1.82, 2.24) is 21.3 Å². The van der Waals surface area contributed by atoms with E-state index in [0.29, 0.717) is 0 Å². The predicted octanol–water partition coefficient (Wildman–Crippen LogP) is 1.81. The van der Waals surface area contributed by atoms with Gasteiger partial charge in [0.1, 0.15) is 29.9 Å². The van der Waals surface area contributed by atoms with Gasteiger partial charge in [-0.1, -0.05) is 46.8 Å². The number of cyclic esters (lactones) is 1. The van der Waals surface area contributed by atoms with E-state index < -0.39 is 53.8 Å². The van der Waals surface area contributed by atoms with Gasteiger partial charge in [0, 0.05) is 0 Å². The average molecular weight is 539 g/mol. The highest BCUT2D eigenvalue weighted by atomic mass is 32.2. The van der Waals surface area contributed by atoms with Crippen LogP contribution in [0.5, 0.6) is 0 Å². The third-order valence-corrected chi connectivity index (χ3v) is 6.44. The van der Waals surface area contributed by atoms with Gasteiger partial charge in [-0.05, 0) is 49.7 Å². The Morgan fingerprint density at radius 2 is 1.62 bits per heavy atom. The van der Waals surface area contributed by atoms with Crippen LogP contribution < -0.4 is 21.3 Å². The minimum atomic E-state index is -1.01. The molecule has 0 aromatic heterocycles. The number of ether oxygens (including phenoxy) is 1. The summed E-state index contributed by atoms with van der Waals surface area (Å²) in [6, 6.07) is -2.85. The Morgan fingerprint density at radius 3 is 2.16 bits per heavy atom. The zero-order chi connectivity index (χ0) is 28.1. The Morgan fingerprint density at radius 1 is 0.973 bits per heavy atom. The van der Waals surface area contributed by atoms with Gasteiger partial charge in [-0.2, -0.15) is 11.8 Å². The molecule has 10 nitrogen and oxygen atoms in total. The molecule has 0 bridgehead atoms. The van der Waals surface area contributed by atoms with E-state index in [9.17, 15) is 24.0 Å². The molecule has 1 rings (SSSR count). The Bertz CT molecular complexity index is 886. The van der Waals surface area contributed by atoms with Gasteiger partial charge in [0.25, 0.3) is 5.91 Å². The van der Waals surface area contributed by atoms with Crippen LogP contribution in [0, 0.1) is 11.8 Å². The lowest BCUT2D eigenvalue weighted by molar-refractivity contribution is -0.153.